The van der Waals surface area contributed by atoms with Crippen LogP contribution in [0.15, 0.2) is 16.3 Å². The third-order valence-electron chi connectivity index (χ3n) is 3.30. The van der Waals surface area contributed by atoms with Crippen molar-refractivity contribution in [1.82, 2.24) is 9.62 Å². The maximum absolute atomic E-state index is 12.4. The second kappa shape index (κ2) is 7.00. The highest BCUT2D eigenvalue weighted by atomic mass is 32.2. The van der Waals surface area contributed by atoms with Crippen molar-refractivity contribution in [3.05, 3.63) is 16.3 Å². The zero-order chi connectivity index (χ0) is 14.6. The van der Waals surface area contributed by atoms with Crippen molar-refractivity contribution in [3.63, 3.8) is 0 Å². The third kappa shape index (κ3) is 4.26. The molecule has 0 radical (unpaired) electrons. The largest absolute Gasteiger partial charge is 0.385 e. The van der Waals surface area contributed by atoms with Crippen LogP contribution >= 0.6 is 11.3 Å². The van der Waals surface area contributed by atoms with Gasteiger partial charge in [-0.15, -0.1) is 11.3 Å². The van der Waals surface area contributed by atoms with Crippen LogP contribution in [-0.4, -0.2) is 46.1 Å². The van der Waals surface area contributed by atoms with Gasteiger partial charge in [0.2, 0.25) is 10.0 Å². The summed E-state index contributed by atoms with van der Waals surface area (Å²) in [5.74, 6) is 0. The molecule has 0 aromatic carbocycles. The summed E-state index contributed by atoms with van der Waals surface area (Å²) in [4.78, 5) is 1.47. The number of methoxy groups -OCH3 is 1. The first-order chi connectivity index (χ1) is 9.54. The van der Waals surface area contributed by atoms with Gasteiger partial charge in [0.25, 0.3) is 0 Å². The highest BCUT2D eigenvalue weighted by molar-refractivity contribution is 7.89. The van der Waals surface area contributed by atoms with Gasteiger partial charge in [0.05, 0.1) is 4.90 Å². The zero-order valence-corrected chi connectivity index (χ0v) is 13.6. The minimum Gasteiger partial charge on any atom is -0.385 e. The van der Waals surface area contributed by atoms with E-state index < -0.39 is 10.0 Å². The first-order valence-corrected chi connectivity index (χ1v) is 9.12. The summed E-state index contributed by atoms with van der Waals surface area (Å²) >= 11 is 1.50. The molecule has 1 heterocycles. The average molecular weight is 318 g/mol. The topological polar surface area (TPSA) is 58.6 Å². The molecular weight excluding hydrogens is 296 g/mol. The Balaban J connectivity index is 1.93. The van der Waals surface area contributed by atoms with E-state index in [1.54, 1.807) is 25.6 Å². The van der Waals surface area contributed by atoms with Crippen LogP contribution in [0.4, 0.5) is 0 Å². The molecular formula is C13H22N2O3S2. The van der Waals surface area contributed by atoms with Gasteiger partial charge in [-0.1, -0.05) is 0 Å². The van der Waals surface area contributed by atoms with Gasteiger partial charge in [0, 0.05) is 50.2 Å². The van der Waals surface area contributed by atoms with E-state index in [0.717, 1.165) is 11.4 Å². The molecule has 0 unspecified atom stereocenters. The Kier molecular flexibility index (Phi) is 5.57. The zero-order valence-electron chi connectivity index (χ0n) is 12.0. The number of thiophene rings is 1. The first kappa shape index (κ1) is 15.9. The lowest BCUT2D eigenvalue weighted by Crippen LogP contribution is -2.28. The number of hydrogen-bond acceptors (Lipinski definition) is 5. The van der Waals surface area contributed by atoms with Crippen molar-refractivity contribution >= 4 is 21.4 Å². The summed E-state index contributed by atoms with van der Waals surface area (Å²) in [6.45, 7) is 1.81. The van der Waals surface area contributed by atoms with E-state index in [2.05, 4.69) is 5.32 Å². The molecule has 7 heteroatoms. The fraction of sp³-hybridized carbons (Fsp3) is 0.692. The Morgan fingerprint density at radius 1 is 1.50 bits per heavy atom. The van der Waals surface area contributed by atoms with Gasteiger partial charge in [-0.2, -0.15) is 0 Å². The predicted molar refractivity (Wildman–Crippen MR) is 80.5 cm³/mol. The average Bonchev–Trinajstić information content (AvgIpc) is 3.12. The number of ether oxygens (including phenoxy) is 1. The second-order valence-electron chi connectivity index (χ2n) is 5.08. The first-order valence-electron chi connectivity index (χ1n) is 6.80. The smallest absolute Gasteiger partial charge is 0.243 e. The van der Waals surface area contributed by atoms with E-state index in [9.17, 15) is 8.42 Å². The molecule has 0 atom stereocenters. The molecule has 0 aliphatic heterocycles. The lowest BCUT2D eigenvalue weighted by Gasteiger charge is -2.15. The van der Waals surface area contributed by atoms with Gasteiger partial charge in [-0.3, -0.25) is 0 Å². The van der Waals surface area contributed by atoms with Crippen molar-refractivity contribution in [2.24, 2.45) is 0 Å². The monoisotopic (exact) mass is 318 g/mol. The highest BCUT2D eigenvalue weighted by Gasteiger charge is 2.23. The molecule has 1 fully saturated rings. The number of nitrogens with zero attached hydrogens (tertiary/aromatic N) is 1. The predicted octanol–water partition coefficient (Wildman–Crippen LogP) is 1.66. The Labute approximate surface area is 125 Å². The van der Waals surface area contributed by atoms with E-state index in [1.807, 2.05) is 0 Å². The van der Waals surface area contributed by atoms with Gasteiger partial charge >= 0.3 is 0 Å². The molecule has 1 aliphatic carbocycles. The maximum atomic E-state index is 12.4. The van der Waals surface area contributed by atoms with Gasteiger partial charge in [0.15, 0.2) is 0 Å². The molecule has 0 bridgehead atoms. The van der Waals surface area contributed by atoms with Gasteiger partial charge < -0.3 is 10.1 Å². The molecule has 20 heavy (non-hydrogen) atoms. The van der Waals surface area contributed by atoms with E-state index in [-0.39, 0.29) is 0 Å². The van der Waals surface area contributed by atoms with Crippen LogP contribution in [0.2, 0.25) is 0 Å². The Hall–Kier alpha value is -0.470. The van der Waals surface area contributed by atoms with E-state index in [0.29, 0.717) is 30.5 Å². The molecule has 0 amide bonds. The summed E-state index contributed by atoms with van der Waals surface area (Å²) in [7, 11) is -0.128. The standard InChI is InChI=1S/C13H22N2O3S2/c1-15(6-3-7-18-2)20(16,17)13-8-12(19-10-13)9-14-11-4-5-11/h8,10-11,14H,3-7,9H2,1-2H3. The van der Waals surface area contributed by atoms with Crippen LogP contribution in [0, 0.1) is 0 Å². The Bertz CT molecular complexity index is 523. The molecule has 5 nitrogen and oxygen atoms in total. The van der Waals surface area contributed by atoms with Crippen molar-refractivity contribution < 1.29 is 13.2 Å². The van der Waals surface area contributed by atoms with Gasteiger partial charge in [-0.05, 0) is 25.3 Å². The quantitative estimate of drug-likeness (QED) is 0.704. The SMILES string of the molecule is COCCCN(C)S(=O)(=O)c1csc(CNC2CC2)c1. The van der Waals surface area contributed by atoms with E-state index in [4.69, 9.17) is 4.74 Å². The molecule has 0 spiro atoms. The number of sulfonamides is 1. The fourth-order valence-electron chi connectivity index (χ4n) is 1.85. The maximum Gasteiger partial charge on any atom is 0.243 e. The minimum absolute atomic E-state index is 0.398. The molecule has 1 aromatic heterocycles. The van der Waals surface area contributed by atoms with Crippen molar-refractivity contribution in [2.75, 3.05) is 27.3 Å². The van der Waals surface area contributed by atoms with Gasteiger partial charge in [0.1, 0.15) is 0 Å². The van der Waals surface area contributed by atoms with Crippen molar-refractivity contribution in [3.8, 4) is 0 Å². The molecule has 0 saturated heterocycles. The van der Waals surface area contributed by atoms with Crippen LogP contribution in [0.1, 0.15) is 24.1 Å². The normalized spacial score (nSPS) is 15.9. The summed E-state index contributed by atoms with van der Waals surface area (Å²) in [5, 5.41) is 5.12. The van der Waals surface area contributed by atoms with Crippen molar-refractivity contribution in [1.29, 1.82) is 0 Å². The molecule has 1 saturated carbocycles. The van der Waals surface area contributed by atoms with Crippen LogP contribution in [0.25, 0.3) is 0 Å². The van der Waals surface area contributed by atoms with Crippen LogP contribution in [0.3, 0.4) is 0 Å². The van der Waals surface area contributed by atoms with Crippen LogP contribution in [-0.2, 0) is 21.3 Å². The van der Waals surface area contributed by atoms with E-state index in [1.165, 1.54) is 28.5 Å². The summed E-state index contributed by atoms with van der Waals surface area (Å²) < 4.78 is 31.1. The summed E-state index contributed by atoms with van der Waals surface area (Å²) in [6.07, 6.45) is 3.17. The second-order valence-corrected chi connectivity index (χ2v) is 8.12. The fourth-order valence-corrected chi connectivity index (χ4v) is 4.28. The molecule has 114 valence electrons. The van der Waals surface area contributed by atoms with E-state index >= 15 is 0 Å². The number of rotatable bonds is 9. The third-order valence-corrected chi connectivity index (χ3v) is 6.22. The number of nitrogens with one attached hydrogen (secondary N) is 1. The summed E-state index contributed by atoms with van der Waals surface area (Å²) in [6, 6.07) is 2.41. The Morgan fingerprint density at radius 2 is 2.25 bits per heavy atom. The summed E-state index contributed by atoms with van der Waals surface area (Å²) in [5.41, 5.74) is 0. The molecule has 1 aliphatic rings. The molecule has 1 aromatic rings. The van der Waals surface area contributed by atoms with Gasteiger partial charge in [-0.25, -0.2) is 12.7 Å². The lowest BCUT2D eigenvalue weighted by atomic mass is 10.4. The van der Waals surface area contributed by atoms with Crippen LogP contribution in [0.5, 0.6) is 0 Å². The van der Waals surface area contributed by atoms with Crippen molar-refractivity contribution in [2.45, 2.75) is 36.7 Å². The highest BCUT2D eigenvalue weighted by Crippen LogP contribution is 2.24. The Morgan fingerprint density at radius 3 is 2.90 bits per heavy atom. The minimum atomic E-state index is -3.36. The van der Waals surface area contributed by atoms with Crippen LogP contribution < -0.4 is 5.32 Å². The molecule has 1 N–H and O–H groups in total. The molecule has 2 rings (SSSR count). The lowest BCUT2D eigenvalue weighted by molar-refractivity contribution is 0.189. The number of hydrogen-bond donors (Lipinski definition) is 1.